The number of nitrogens with two attached hydrogens (primary N) is 1. The molecular weight excluding hydrogens is 269 g/mol. The van der Waals surface area contributed by atoms with Gasteiger partial charge in [-0.05, 0) is 32.9 Å². The molecule has 2 aromatic rings. The van der Waals surface area contributed by atoms with Crippen molar-refractivity contribution in [1.82, 2.24) is 9.78 Å². The average molecular weight is 284 g/mol. The monoisotopic (exact) mass is 283 g/mol. The minimum Gasteiger partial charge on any atom is -0.437 e. The number of nitrogen functional groups attached to an aromatic ring is 1. The number of benzene rings is 1. The van der Waals surface area contributed by atoms with Crippen LogP contribution in [-0.2, 0) is 0 Å². The van der Waals surface area contributed by atoms with Crippen LogP contribution >= 0.6 is 11.6 Å². The van der Waals surface area contributed by atoms with Gasteiger partial charge in [0.25, 0.3) is 0 Å². The molecule has 0 fully saturated rings. The molecule has 6 heteroatoms. The summed E-state index contributed by atoms with van der Waals surface area (Å²) < 4.78 is 20.7. The molecule has 1 aromatic heterocycles. The van der Waals surface area contributed by atoms with Gasteiger partial charge in [0.05, 0.1) is 16.8 Å². The summed E-state index contributed by atoms with van der Waals surface area (Å²) in [5.41, 5.74) is 7.06. The number of anilines is 1. The number of nitrogens with zero attached hydrogens (tertiary/aromatic N) is 2. The third kappa shape index (κ3) is 2.66. The zero-order valence-corrected chi connectivity index (χ0v) is 11.7. The Morgan fingerprint density at radius 3 is 2.68 bits per heavy atom. The molecule has 0 bridgehead atoms. The maximum absolute atomic E-state index is 13.4. The quantitative estimate of drug-likeness (QED) is 0.928. The van der Waals surface area contributed by atoms with E-state index in [2.05, 4.69) is 5.10 Å². The van der Waals surface area contributed by atoms with Crippen LogP contribution in [0.2, 0.25) is 5.02 Å². The molecule has 0 aliphatic rings. The third-order valence-electron chi connectivity index (χ3n) is 2.68. The van der Waals surface area contributed by atoms with Crippen molar-refractivity contribution in [3.63, 3.8) is 0 Å². The predicted octanol–water partition coefficient (Wildman–Crippen LogP) is 3.94. The van der Waals surface area contributed by atoms with Crippen LogP contribution in [-0.4, -0.2) is 9.78 Å². The average Bonchev–Trinajstić information content (AvgIpc) is 2.62. The van der Waals surface area contributed by atoms with Gasteiger partial charge in [-0.1, -0.05) is 11.6 Å². The lowest BCUT2D eigenvalue weighted by Gasteiger charge is -2.12. The minimum absolute atomic E-state index is 0.0499. The highest BCUT2D eigenvalue weighted by atomic mass is 35.5. The Morgan fingerprint density at radius 1 is 1.42 bits per heavy atom. The van der Waals surface area contributed by atoms with Gasteiger partial charge in [-0.3, -0.25) is 0 Å². The van der Waals surface area contributed by atoms with Crippen LogP contribution in [0.5, 0.6) is 11.6 Å². The Balaban J connectivity index is 2.40. The second-order valence-electron chi connectivity index (χ2n) is 4.52. The molecule has 2 rings (SSSR count). The van der Waals surface area contributed by atoms with Gasteiger partial charge in [-0.25, -0.2) is 9.07 Å². The van der Waals surface area contributed by atoms with Gasteiger partial charge in [0.1, 0.15) is 17.3 Å². The zero-order chi connectivity index (χ0) is 14.2. The fraction of sp³-hybridized carbons (Fsp3) is 0.308. The number of rotatable bonds is 3. The second kappa shape index (κ2) is 5.09. The first-order chi connectivity index (χ1) is 8.90. The first-order valence-electron chi connectivity index (χ1n) is 5.87. The standard InChI is InChI=1S/C13H15ClFN3O/c1-7(2)18-13(12(16)8(3)17-18)19-9-4-5-10(14)11(15)6-9/h4-7H,16H2,1-3H3. The fourth-order valence-electron chi connectivity index (χ4n) is 1.64. The zero-order valence-electron chi connectivity index (χ0n) is 10.9. The summed E-state index contributed by atoms with van der Waals surface area (Å²) in [5.74, 6) is 0.203. The topological polar surface area (TPSA) is 53.1 Å². The largest absolute Gasteiger partial charge is 0.437 e. The number of hydrogen-bond donors (Lipinski definition) is 1. The third-order valence-corrected chi connectivity index (χ3v) is 2.99. The minimum atomic E-state index is -0.537. The highest BCUT2D eigenvalue weighted by Crippen LogP contribution is 2.33. The van der Waals surface area contributed by atoms with Gasteiger partial charge in [0.2, 0.25) is 5.88 Å². The lowest BCUT2D eigenvalue weighted by atomic mass is 10.3. The molecule has 19 heavy (non-hydrogen) atoms. The summed E-state index contributed by atoms with van der Waals surface area (Å²) in [5, 5.41) is 4.34. The number of hydrogen-bond acceptors (Lipinski definition) is 3. The van der Waals surface area contributed by atoms with Crippen LogP contribution in [0.3, 0.4) is 0 Å². The number of halogens is 2. The molecule has 1 heterocycles. The van der Waals surface area contributed by atoms with Crippen LogP contribution in [0.25, 0.3) is 0 Å². The van der Waals surface area contributed by atoms with E-state index >= 15 is 0 Å². The molecule has 0 aliphatic carbocycles. The van der Waals surface area contributed by atoms with E-state index < -0.39 is 5.82 Å². The normalized spacial score (nSPS) is 11.1. The summed E-state index contributed by atoms with van der Waals surface area (Å²) in [7, 11) is 0. The van der Waals surface area contributed by atoms with E-state index in [0.717, 1.165) is 0 Å². The smallest absolute Gasteiger partial charge is 0.241 e. The number of aromatic nitrogens is 2. The van der Waals surface area contributed by atoms with E-state index in [9.17, 15) is 4.39 Å². The van der Waals surface area contributed by atoms with Crippen LogP contribution in [0, 0.1) is 12.7 Å². The lowest BCUT2D eigenvalue weighted by molar-refractivity contribution is 0.388. The van der Waals surface area contributed by atoms with Gasteiger partial charge >= 0.3 is 0 Å². The molecule has 4 nitrogen and oxygen atoms in total. The molecular formula is C13H15ClFN3O. The van der Waals surface area contributed by atoms with Crippen molar-refractivity contribution in [2.75, 3.05) is 5.73 Å². The molecule has 0 unspecified atom stereocenters. The van der Waals surface area contributed by atoms with Crippen LogP contribution in [0.1, 0.15) is 25.6 Å². The van der Waals surface area contributed by atoms with Crippen LogP contribution in [0.4, 0.5) is 10.1 Å². The summed E-state index contributed by atoms with van der Waals surface area (Å²) >= 11 is 5.63. The molecule has 1 aromatic carbocycles. The predicted molar refractivity (Wildman–Crippen MR) is 73.2 cm³/mol. The summed E-state index contributed by atoms with van der Waals surface area (Å²) in [6, 6.07) is 4.32. The maximum Gasteiger partial charge on any atom is 0.241 e. The van der Waals surface area contributed by atoms with E-state index in [4.69, 9.17) is 22.1 Å². The van der Waals surface area contributed by atoms with Crippen molar-refractivity contribution in [3.05, 3.63) is 34.7 Å². The molecule has 0 atom stereocenters. The first-order valence-corrected chi connectivity index (χ1v) is 6.25. The van der Waals surface area contributed by atoms with Crippen molar-refractivity contribution in [3.8, 4) is 11.6 Å². The van der Waals surface area contributed by atoms with Crippen molar-refractivity contribution >= 4 is 17.3 Å². The van der Waals surface area contributed by atoms with Crippen LogP contribution in [0.15, 0.2) is 18.2 Å². The Hall–Kier alpha value is -1.75. The lowest BCUT2D eigenvalue weighted by Crippen LogP contribution is -2.05. The van der Waals surface area contributed by atoms with Gasteiger partial charge in [0.15, 0.2) is 0 Å². The first kappa shape index (κ1) is 13.7. The molecule has 0 saturated carbocycles. The van der Waals surface area contributed by atoms with Crippen molar-refractivity contribution in [2.45, 2.75) is 26.8 Å². The van der Waals surface area contributed by atoms with Gasteiger partial charge in [-0.2, -0.15) is 5.10 Å². The maximum atomic E-state index is 13.4. The van der Waals surface area contributed by atoms with E-state index in [1.165, 1.54) is 12.1 Å². The van der Waals surface area contributed by atoms with E-state index in [-0.39, 0.29) is 11.1 Å². The molecule has 102 valence electrons. The SMILES string of the molecule is Cc1nn(C(C)C)c(Oc2ccc(Cl)c(F)c2)c1N. The van der Waals surface area contributed by atoms with Gasteiger partial charge in [0, 0.05) is 6.07 Å². The van der Waals surface area contributed by atoms with Crippen molar-refractivity contribution in [1.29, 1.82) is 0 Å². The molecule has 0 radical (unpaired) electrons. The van der Waals surface area contributed by atoms with Gasteiger partial charge in [-0.15, -0.1) is 0 Å². The van der Waals surface area contributed by atoms with E-state index in [1.54, 1.807) is 17.7 Å². The summed E-state index contributed by atoms with van der Waals surface area (Å²) in [6.07, 6.45) is 0. The molecule has 0 amide bonds. The summed E-state index contributed by atoms with van der Waals surface area (Å²) in [4.78, 5) is 0. The Morgan fingerprint density at radius 2 is 2.11 bits per heavy atom. The summed E-state index contributed by atoms with van der Waals surface area (Å²) in [6.45, 7) is 5.71. The van der Waals surface area contributed by atoms with E-state index in [0.29, 0.717) is 23.0 Å². The van der Waals surface area contributed by atoms with E-state index in [1.807, 2.05) is 13.8 Å². The molecule has 0 spiro atoms. The Labute approximate surface area is 115 Å². The Bertz CT molecular complexity index is 610. The fourth-order valence-corrected chi connectivity index (χ4v) is 1.76. The molecule has 0 saturated heterocycles. The Kier molecular flexibility index (Phi) is 3.66. The van der Waals surface area contributed by atoms with Gasteiger partial charge < -0.3 is 10.5 Å². The second-order valence-corrected chi connectivity index (χ2v) is 4.93. The highest BCUT2D eigenvalue weighted by molar-refractivity contribution is 6.30. The highest BCUT2D eigenvalue weighted by Gasteiger charge is 2.17. The number of aryl methyl sites for hydroxylation is 1. The molecule has 0 aliphatic heterocycles. The van der Waals surface area contributed by atoms with Crippen molar-refractivity contribution in [2.24, 2.45) is 0 Å². The van der Waals surface area contributed by atoms with Crippen molar-refractivity contribution < 1.29 is 9.13 Å². The van der Waals surface area contributed by atoms with Crippen LogP contribution < -0.4 is 10.5 Å². The number of ether oxygens (including phenoxy) is 1. The molecule has 2 N–H and O–H groups in total.